The van der Waals surface area contributed by atoms with E-state index in [0.29, 0.717) is 0 Å². The van der Waals surface area contributed by atoms with Crippen LogP contribution in [0.4, 0.5) is 5.69 Å². The van der Waals surface area contributed by atoms with Gasteiger partial charge in [-0.25, -0.2) is 0 Å². The summed E-state index contributed by atoms with van der Waals surface area (Å²) in [6, 6.07) is 6.07. The van der Waals surface area contributed by atoms with Crippen molar-refractivity contribution in [2.45, 2.75) is 20.0 Å². The zero-order valence-corrected chi connectivity index (χ0v) is 10.4. The summed E-state index contributed by atoms with van der Waals surface area (Å²) in [6.07, 6.45) is 0.227. The second kappa shape index (κ2) is 4.75. The third-order valence-electron chi connectivity index (χ3n) is 3.02. The molecule has 4 heteroatoms. The first-order chi connectivity index (χ1) is 8.08. The average Bonchev–Trinajstić information content (AvgIpc) is 2.28. The molecule has 1 atom stereocenters. The molecular formula is C13H19N3O. The van der Waals surface area contributed by atoms with Crippen molar-refractivity contribution in [1.82, 2.24) is 0 Å². The third kappa shape index (κ3) is 2.58. The number of anilines is 1. The van der Waals surface area contributed by atoms with Gasteiger partial charge in [-0.15, -0.1) is 0 Å². The summed E-state index contributed by atoms with van der Waals surface area (Å²) in [5.74, 6) is 0.128. The molecule has 1 heterocycles. The van der Waals surface area contributed by atoms with Crippen LogP contribution < -0.4 is 10.6 Å². The topological polar surface area (TPSA) is 62.3 Å². The first-order valence-corrected chi connectivity index (χ1v) is 5.89. The van der Waals surface area contributed by atoms with E-state index in [0.717, 1.165) is 36.5 Å². The molecule has 4 nitrogen and oxygen atoms in total. The number of hydrogen-bond donors (Lipinski definition) is 2. The van der Waals surface area contributed by atoms with Gasteiger partial charge in [0.25, 0.3) is 0 Å². The van der Waals surface area contributed by atoms with Gasteiger partial charge < -0.3 is 15.4 Å². The van der Waals surface area contributed by atoms with Gasteiger partial charge in [0, 0.05) is 24.3 Å². The van der Waals surface area contributed by atoms with Crippen LogP contribution in [0.2, 0.25) is 0 Å². The molecule has 1 aliphatic rings. The SMILES string of the molecule is Cc1ccc(N2CCOC(C)C2)c(C(=N)N)c1. The molecule has 1 aromatic rings. The number of nitrogens with one attached hydrogen (secondary N) is 1. The van der Waals surface area contributed by atoms with Gasteiger partial charge in [0.15, 0.2) is 0 Å². The minimum Gasteiger partial charge on any atom is -0.384 e. The van der Waals surface area contributed by atoms with Crippen molar-refractivity contribution < 1.29 is 4.74 Å². The minimum atomic E-state index is 0.128. The van der Waals surface area contributed by atoms with Gasteiger partial charge in [0.1, 0.15) is 5.84 Å². The van der Waals surface area contributed by atoms with Crippen molar-refractivity contribution in [3.63, 3.8) is 0 Å². The van der Waals surface area contributed by atoms with Crippen molar-refractivity contribution in [1.29, 1.82) is 5.41 Å². The van der Waals surface area contributed by atoms with Crippen LogP contribution in [0.15, 0.2) is 18.2 Å². The first kappa shape index (κ1) is 11.9. The van der Waals surface area contributed by atoms with E-state index in [2.05, 4.69) is 17.9 Å². The van der Waals surface area contributed by atoms with E-state index in [1.807, 2.05) is 19.1 Å². The number of benzene rings is 1. The van der Waals surface area contributed by atoms with Crippen LogP contribution in [-0.4, -0.2) is 31.6 Å². The van der Waals surface area contributed by atoms with Crippen molar-refractivity contribution in [3.8, 4) is 0 Å². The van der Waals surface area contributed by atoms with E-state index < -0.39 is 0 Å². The number of nitrogens with zero attached hydrogens (tertiary/aromatic N) is 1. The third-order valence-corrected chi connectivity index (χ3v) is 3.02. The maximum Gasteiger partial charge on any atom is 0.124 e. The van der Waals surface area contributed by atoms with Gasteiger partial charge in [-0.05, 0) is 26.0 Å². The second-order valence-electron chi connectivity index (χ2n) is 4.56. The lowest BCUT2D eigenvalue weighted by Crippen LogP contribution is -2.42. The van der Waals surface area contributed by atoms with Crippen LogP contribution in [0.25, 0.3) is 0 Å². The van der Waals surface area contributed by atoms with Gasteiger partial charge >= 0.3 is 0 Å². The Morgan fingerprint density at radius 3 is 2.94 bits per heavy atom. The number of aryl methyl sites for hydroxylation is 1. The van der Waals surface area contributed by atoms with E-state index >= 15 is 0 Å². The number of ether oxygens (including phenoxy) is 1. The number of amidine groups is 1. The monoisotopic (exact) mass is 233 g/mol. The lowest BCUT2D eigenvalue weighted by atomic mass is 10.1. The summed E-state index contributed by atoms with van der Waals surface area (Å²) in [4.78, 5) is 2.24. The number of hydrogen-bond acceptors (Lipinski definition) is 3. The Morgan fingerprint density at radius 1 is 1.53 bits per heavy atom. The smallest absolute Gasteiger partial charge is 0.124 e. The Balaban J connectivity index is 2.33. The lowest BCUT2D eigenvalue weighted by Gasteiger charge is -2.34. The van der Waals surface area contributed by atoms with Crippen LogP contribution in [0, 0.1) is 12.3 Å². The fourth-order valence-corrected chi connectivity index (χ4v) is 2.18. The average molecular weight is 233 g/mol. The Labute approximate surface area is 102 Å². The van der Waals surface area contributed by atoms with Gasteiger partial charge in [-0.2, -0.15) is 0 Å². The fraction of sp³-hybridized carbons (Fsp3) is 0.462. The van der Waals surface area contributed by atoms with Crippen LogP contribution in [0.3, 0.4) is 0 Å². The summed E-state index contributed by atoms with van der Waals surface area (Å²) < 4.78 is 5.53. The number of nitrogens with two attached hydrogens (primary N) is 1. The highest BCUT2D eigenvalue weighted by Gasteiger charge is 2.19. The molecule has 0 radical (unpaired) electrons. The summed E-state index contributed by atoms with van der Waals surface area (Å²) in [5, 5.41) is 7.66. The Hall–Kier alpha value is -1.55. The number of nitrogen functional groups attached to an aromatic ring is 1. The van der Waals surface area contributed by atoms with Crippen LogP contribution in [0.5, 0.6) is 0 Å². The van der Waals surface area contributed by atoms with Gasteiger partial charge in [-0.3, -0.25) is 5.41 Å². The number of morpholine rings is 1. The van der Waals surface area contributed by atoms with Gasteiger partial charge in [-0.1, -0.05) is 11.6 Å². The molecule has 17 heavy (non-hydrogen) atoms. The quantitative estimate of drug-likeness (QED) is 0.601. The zero-order valence-electron chi connectivity index (χ0n) is 10.4. The molecule has 2 rings (SSSR count). The van der Waals surface area contributed by atoms with E-state index in [4.69, 9.17) is 15.9 Å². The van der Waals surface area contributed by atoms with E-state index in [1.165, 1.54) is 0 Å². The molecule has 0 aromatic heterocycles. The lowest BCUT2D eigenvalue weighted by molar-refractivity contribution is 0.0532. The zero-order chi connectivity index (χ0) is 12.4. The van der Waals surface area contributed by atoms with Crippen molar-refractivity contribution in [2.24, 2.45) is 5.73 Å². The first-order valence-electron chi connectivity index (χ1n) is 5.89. The molecule has 1 aromatic carbocycles. The molecule has 92 valence electrons. The second-order valence-corrected chi connectivity index (χ2v) is 4.56. The highest BCUT2D eigenvalue weighted by molar-refractivity contribution is 6.00. The maximum absolute atomic E-state index is 7.66. The van der Waals surface area contributed by atoms with E-state index in [-0.39, 0.29) is 11.9 Å². The molecule has 0 bridgehead atoms. The van der Waals surface area contributed by atoms with Gasteiger partial charge in [0.2, 0.25) is 0 Å². The molecule has 0 spiro atoms. The predicted octanol–water partition coefficient (Wildman–Crippen LogP) is 1.50. The van der Waals surface area contributed by atoms with Crippen LogP contribution in [0.1, 0.15) is 18.1 Å². The van der Waals surface area contributed by atoms with E-state index in [9.17, 15) is 0 Å². The largest absolute Gasteiger partial charge is 0.384 e. The Morgan fingerprint density at radius 2 is 2.29 bits per heavy atom. The molecular weight excluding hydrogens is 214 g/mol. The van der Waals surface area contributed by atoms with E-state index in [1.54, 1.807) is 0 Å². The molecule has 3 N–H and O–H groups in total. The molecule has 0 amide bonds. The Kier molecular flexibility index (Phi) is 3.33. The maximum atomic E-state index is 7.66. The fourth-order valence-electron chi connectivity index (χ4n) is 2.18. The highest BCUT2D eigenvalue weighted by Crippen LogP contribution is 2.23. The van der Waals surface area contributed by atoms with Crippen LogP contribution in [-0.2, 0) is 4.74 Å². The summed E-state index contributed by atoms with van der Waals surface area (Å²) in [6.45, 7) is 6.51. The minimum absolute atomic E-state index is 0.128. The highest BCUT2D eigenvalue weighted by atomic mass is 16.5. The molecule has 1 fully saturated rings. The van der Waals surface area contributed by atoms with Crippen LogP contribution >= 0.6 is 0 Å². The Bertz CT molecular complexity index is 431. The standard InChI is InChI=1S/C13H19N3O/c1-9-3-4-12(11(7-9)13(14)15)16-5-6-17-10(2)8-16/h3-4,7,10H,5-6,8H2,1-2H3,(H3,14,15). The van der Waals surface area contributed by atoms with Gasteiger partial charge in [0.05, 0.1) is 12.7 Å². The predicted molar refractivity (Wildman–Crippen MR) is 69.8 cm³/mol. The van der Waals surface area contributed by atoms with Crippen molar-refractivity contribution >= 4 is 11.5 Å². The normalized spacial score (nSPS) is 20.4. The molecule has 1 aliphatic heterocycles. The summed E-state index contributed by atoms with van der Waals surface area (Å²) in [5.41, 5.74) is 8.63. The molecule has 0 saturated carbocycles. The van der Waals surface area contributed by atoms with Crippen molar-refractivity contribution in [3.05, 3.63) is 29.3 Å². The summed E-state index contributed by atoms with van der Waals surface area (Å²) in [7, 11) is 0. The number of rotatable bonds is 2. The molecule has 0 aliphatic carbocycles. The molecule has 1 saturated heterocycles. The summed E-state index contributed by atoms with van der Waals surface area (Å²) >= 11 is 0. The molecule has 1 unspecified atom stereocenters. The van der Waals surface area contributed by atoms with Crippen molar-refractivity contribution in [2.75, 3.05) is 24.6 Å².